The fraction of sp³-hybridized carbons (Fsp3) is 0.100. The molecule has 2 aromatic carbocycles. The van der Waals surface area contributed by atoms with E-state index in [9.17, 15) is 14.0 Å². The van der Waals surface area contributed by atoms with E-state index in [2.05, 4.69) is 15.4 Å². The molecule has 0 spiro atoms. The highest BCUT2D eigenvalue weighted by molar-refractivity contribution is 7.22. The maximum atomic E-state index is 13.1. The number of aromatic nitrogens is 3. The summed E-state index contributed by atoms with van der Waals surface area (Å²) in [6, 6.07) is 14.0. The first-order chi connectivity index (χ1) is 14.0. The average molecular weight is 410 g/mol. The molecule has 2 heterocycles. The molecule has 0 aliphatic rings. The van der Waals surface area contributed by atoms with E-state index in [1.165, 1.54) is 35.6 Å². The molecule has 0 saturated carbocycles. The lowest BCUT2D eigenvalue weighted by atomic mass is 10.1. The van der Waals surface area contributed by atoms with Crippen LogP contribution in [0.5, 0.6) is 5.75 Å². The van der Waals surface area contributed by atoms with Crippen LogP contribution in [0.4, 0.5) is 9.52 Å². The molecule has 9 heteroatoms. The quantitative estimate of drug-likeness (QED) is 0.546. The van der Waals surface area contributed by atoms with E-state index in [4.69, 9.17) is 4.74 Å². The third-order valence-corrected chi connectivity index (χ3v) is 5.09. The zero-order chi connectivity index (χ0) is 20.4. The van der Waals surface area contributed by atoms with Gasteiger partial charge in [0.2, 0.25) is 5.91 Å². The van der Waals surface area contributed by atoms with Crippen molar-refractivity contribution < 1.29 is 13.9 Å². The second-order valence-electron chi connectivity index (χ2n) is 6.12. The van der Waals surface area contributed by atoms with Crippen molar-refractivity contribution >= 4 is 32.6 Å². The minimum Gasteiger partial charge on any atom is -0.497 e. The molecule has 29 heavy (non-hydrogen) atoms. The van der Waals surface area contributed by atoms with Gasteiger partial charge in [-0.05, 0) is 42.5 Å². The summed E-state index contributed by atoms with van der Waals surface area (Å²) in [5.74, 6) is -0.120. The van der Waals surface area contributed by atoms with Gasteiger partial charge >= 0.3 is 0 Å². The van der Waals surface area contributed by atoms with Gasteiger partial charge < -0.3 is 10.1 Å². The van der Waals surface area contributed by atoms with Crippen LogP contribution >= 0.6 is 11.3 Å². The first kappa shape index (κ1) is 18.8. The van der Waals surface area contributed by atoms with Crippen molar-refractivity contribution in [1.29, 1.82) is 0 Å². The van der Waals surface area contributed by atoms with Crippen LogP contribution in [0.25, 0.3) is 21.5 Å². The lowest BCUT2D eigenvalue weighted by Gasteiger charge is -2.07. The van der Waals surface area contributed by atoms with Crippen molar-refractivity contribution in [1.82, 2.24) is 14.8 Å². The fourth-order valence-electron chi connectivity index (χ4n) is 2.72. The molecule has 0 unspecified atom stereocenters. The first-order valence-electron chi connectivity index (χ1n) is 8.60. The summed E-state index contributed by atoms with van der Waals surface area (Å²) >= 11 is 1.32. The number of methoxy groups -OCH3 is 1. The number of hydrogen-bond donors (Lipinski definition) is 1. The zero-order valence-corrected chi connectivity index (χ0v) is 16.1. The Bertz CT molecular complexity index is 1250. The summed E-state index contributed by atoms with van der Waals surface area (Å²) in [7, 11) is 1.57. The van der Waals surface area contributed by atoms with Crippen molar-refractivity contribution in [3.8, 4) is 17.0 Å². The molecule has 0 aliphatic carbocycles. The Balaban J connectivity index is 1.53. The summed E-state index contributed by atoms with van der Waals surface area (Å²) in [6.45, 7) is -0.271. The predicted octanol–water partition coefficient (Wildman–Crippen LogP) is 3.31. The Labute approximate surface area is 168 Å². The molecule has 0 atom stereocenters. The van der Waals surface area contributed by atoms with E-state index in [0.717, 1.165) is 9.38 Å². The highest BCUT2D eigenvalue weighted by Gasteiger charge is 2.12. The lowest BCUT2D eigenvalue weighted by molar-refractivity contribution is -0.117. The molecule has 1 N–H and O–H groups in total. The minimum absolute atomic E-state index is 0.271. The van der Waals surface area contributed by atoms with Crippen LogP contribution in [0.2, 0.25) is 0 Å². The van der Waals surface area contributed by atoms with Crippen LogP contribution in [0.1, 0.15) is 0 Å². The number of amides is 1. The van der Waals surface area contributed by atoms with Gasteiger partial charge in [-0.15, -0.1) is 0 Å². The molecule has 0 aliphatic heterocycles. The van der Waals surface area contributed by atoms with Gasteiger partial charge in [-0.1, -0.05) is 11.3 Å². The third-order valence-electron chi connectivity index (χ3n) is 4.14. The number of nitrogens with one attached hydrogen (secondary N) is 1. The molecule has 4 rings (SSSR count). The zero-order valence-electron chi connectivity index (χ0n) is 15.3. The molecule has 1 amide bonds. The summed E-state index contributed by atoms with van der Waals surface area (Å²) in [5, 5.41) is 7.31. The predicted molar refractivity (Wildman–Crippen MR) is 109 cm³/mol. The molecular weight excluding hydrogens is 395 g/mol. The first-order valence-corrected chi connectivity index (χ1v) is 9.42. The summed E-state index contributed by atoms with van der Waals surface area (Å²) in [5.41, 5.74) is 1.39. The van der Waals surface area contributed by atoms with Crippen LogP contribution in [-0.2, 0) is 11.3 Å². The van der Waals surface area contributed by atoms with E-state index in [0.29, 0.717) is 27.7 Å². The standard InChI is InChI=1S/C20H15FN4O3S/c1-28-14-6-8-17-16(10-14)22-20(29-17)23-18(26)11-25-19(27)9-7-15(24-25)12-2-4-13(21)5-3-12/h2-10H,11H2,1H3,(H,22,23,26). The lowest BCUT2D eigenvalue weighted by Crippen LogP contribution is -2.29. The number of ether oxygens (including phenoxy) is 1. The Morgan fingerprint density at radius 1 is 1.17 bits per heavy atom. The SMILES string of the molecule is COc1ccc2sc(NC(=O)Cn3nc(-c4ccc(F)cc4)ccc3=O)nc2c1. The molecule has 146 valence electrons. The van der Waals surface area contributed by atoms with E-state index in [1.807, 2.05) is 12.1 Å². The van der Waals surface area contributed by atoms with E-state index in [-0.39, 0.29) is 12.4 Å². The molecule has 0 fully saturated rings. The van der Waals surface area contributed by atoms with Crippen molar-refractivity contribution in [2.24, 2.45) is 0 Å². The summed E-state index contributed by atoms with van der Waals surface area (Å²) < 4.78 is 20.2. The van der Waals surface area contributed by atoms with Gasteiger partial charge in [0.1, 0.15) is 18.1 Å². The van der Waals surface area contributed by atoms with Crippen molar-refractivity contribution in [3.63, 3.8) is 0 Å². The molecule has 4 aromatic rings. The fourth-order valence-corrected chi connectivity index (χ4v) is 3.58. The normalized spacial score (nSPS) is 10.8. The average Bonchev–Trinajstić information content (AvgIpc) is 3.11. The maximum Gasteiger partial charge on any atom is 0.267 e. The van der Waals surface area contributed by atoms with Gasteiger partial charge in [0.05, 0.1) is 23.0 Å². The van der Waals surface area contributed by atoms with Crippen LogP contribution in [0, 0.1) is 5.82 Å². The van der Waals surface area contributed by atoms with Gasteiger partial charge in [0.25, 0.3) is 5.56 Å². The Morgan fingerprint density at radius 2 is 1.97 bits per heavy atom. The van der Waals surface area contributed by atoms with Gasteiger partial charge in [-0.3, -0.25) is 9.59 Å². The number of hydrogen-bond acceptors (Lipinski definition) is 6. The Hall–Kier alpha value is -3.59. The number of fused-ring (bicyclic) bond motifs is 1. The van der Waals surface area contributed by atoms with Crippen molar-refractivity contribution in [2.45, 2.75) is 6.54 Å². The van der Waals surface area contributed by atoms with Gasteiger partial charge in [0, 0.05) is 17.7 Å². The van der Waals surface area contributed by atoms with E-state index in [1.54, 1.807) is 25.3 Å². The molecule has 0 bridgehead atoms. The highest BCUT2D eigenvalue weighted by atomic mass is 32.1. The van der Waals surface area contributed by atoms with Crippen molar-refractivity contribution in [2.75, 3.05) is 12.4 Å². The second kappa shape index (κ2) is 7.80. The van der Waals surface area contributed by atoms with Crippen molar-refractivity contribution in [3.05, 3.63) is 70.8 Å². The number of benzene rings is 2. The highest BCUT2D eigenvalue weighted by Crippen LogP contribution is 2.28. The minimum atomic E-state index is -0.429. The largest absolute Gasteiger partial charge is 0.497 e. The number of anilines is 1. The number of carbonyl (C=O) groups excluding carboxylic acids is 1. The Morgan fingerprint density at radius 3 is 2.72 bits per heavy atom. The molecule has 0 saturated heterocycles. The van der Waals surface area contributed by atoms with E-state index < -0.39 is 11.5 Å². The summed E-state index contributed by atoms with van der Waals surface area (Å²) in [4.78, 5) is 28.9. The van der Waals surface area contributed by atoms with Crippen LogP contribution in [0.3, 0.4) is 0 Å². The number of rotatable bonds is 5. The molecular formula is C20H15FN4O3S. The number of carbonyl (C=O) groups is 1. The van der Waals surface area contributed by atoms with E-state index >= 15 is 0 Å². The monoisotopic (exact) mass is 410 g/mol. The van der Waals surface area contributed by atoms with Gasteiger partial charge in [-0.25, -0.2) is 14.1 Å². The maximum absolute atomic E-state index is 13.1. The smallest absolute Gasteiger partial charge is 0.267 e. The van der Waals surface area contributed by atoms with Gasteiger partial charge in [0.15, 0.2) is 5.13 Å². The number of halogens is 1. The summed E-state index contributed by atoms with van der Waals surface area (Å²) in [6.07, 6.45) is 0. The molecule has 7 nitrogen and oxygen atoms in total. The Kier molecular flexibility index (Phi) is 5.05. The number of thiazole rings is 1. The van der Waals surface area contributed by atoms with Crippen LogP contribution in [-0.4, -0.2) is 27.8 Å². The van der Waals surface area contributed by atoms with Gasteiger partial charge in [-0.2, -0.15) is 5.10 Å². The number of nitrogens with zero attached hydrogens (tertiary/aromatic N) is 3. The van der Waals surface area contributed by atoms with Crippen LogP contribution in [0.15, 0.2) is 59.4 Å². The molecule has 2 aromatic heterocycles. The topological polar surface area (TPSA) is 86.1 Å². The third kappa shape index (κ3) is 4.14. The molecule has 0 radical (unpaired) electrons. The second-order valence-corrected chi connectivity index (χ2v) is 7.15. The van der Waals surface area contributed by atoms with Crippen LogP contribution < -0.4 is 15.6 Å².